The molecule has 17 heteroatoms. The van der Waals surface area contributed by atoms with E-state index >= 15 is 0 Å². The predicted molar refractivity (Wildman–Crippen MR) is 207 cm³/mol. The molecule has 0 spiro atoms. The fraction of sp³-hybridized carbons (Fsp3) is 0.800. The number of ether oxygens (including phenoxy) is 4. The Bertz CT molecular complexity index is 1240. The summed E-state index contributed by atoms with van der Waals surface area (Å²) in [7, 11) is 1.89. The number of carboxylic acids is 2. The van der Waals surface area contributed by atoms with Gasteiger partial charge in [-0.15, -0.1) is 0 Å². The number of carbonyl (C=O) groups excluding carboxylic acids is 6. The molecule has 1 rings (SSSR count). The number of ketones is 4. The second kappa shape index (κ2) is 32.3. The highest BCUT2D eigenvalue weighted by atomic mass is 16.5. The molecular formula is C40H67N3O14. The van der Waals surface area contributed by atoms with Crippen LogP contribution in [0.4, 0.5) is 0 Å². The van der Waals surface area contributed by atoms with E-state index in [-0.39, 0.29) is 133 Å². The summed E-state index contributed by atoms with van der Waals surface area (Å²) in [5.74, 6) is -4.54. The van der Waals surface area contributed by atoms with Crippen LogP contribution in [0.3, 0.4) is 0 Å². The molecule has 0 bridgehead atoms. The topological polar surface area (TPSA) is 250 Å². The Kier molecular flexibility index (Phi) is 29.1. The maximum atomic E-state index is 12.9. The lowest BCUT2D eigenvalue weighted by Gasteiger charge is -2.28. The molecule has 0 aromatic rings. The Balaban J connectivity index is 2.21. The smallest absolute Gasteiger partial charge is 0.306 e. The van der Waals surface area contributed by atoms with Crippen LogP contribution in [-0.2, 0) is 57.3 Å². The zero-order valence-corrected chi connectivity index (χ0v) is 34.0. The first-order valence-corrected chi connectivity index (χ1v) is 20.4. The van der Waals surface area contributed by atoms with E-state index in [1.54, 1.807) is 0 Å². The monoisotopic (exact) mass is 813 g/mol. The number of amides is 2. The highest BCUT2D eigenvalue weighted by Gasteiger charge is 2.30. The van der Waals surface area contributed by atoms with Gasteiger partial charge in [0.05, 0.1) is 44.9 Å². The van der Waals surface area contributed by atoms with Crippen molar-refractivity contribution < 1.29 is 67.5 Å². The lowest BCUT2D eigenvalue weighted by atomic mass is 9.78. The summed E-state index contributed by atoms with van der Waals surface area (Å²) in [5.41, 5.74) is 0. The van der Waals surface area contributed by atoms with E-state index in [0.29, 0.717) is 31.8 Å². The minimum atomic E-state index is -1.16. The second-order valence-corrected chi connectivity index (χ2v) is 14.5. The highest BCUT2D eigenvalue weighted by molar-refractivity contribution is 5.90. The van der Waals surface area contributed by atoms with Crippen LogP contribution in [0.1, 0.15) is 110 Å². The SMILES string of the molecule is CCCCC(=O)CNC(=O)COCCOCCCC(=O)COCCOCCCC(=O)[C@H](CCC(=O)O)NC(=O)CC[C@H](CC(=O)C1CCC(CNC)CC1)C(=O)O. The van der Waals surface area contributed by atoms with Gasteiger partial charge in [-0.2, -0.15) is 0 Å². The van der Waals surface area contributed by atoms with Crippen molar-refractivity contribution in [1.82, 2.24) is 16.0 Å². The number of Topliss-reactive ketones (excluding diaryl/α,β-unsaturated/α-hetero) is 4. The van der Waals surface area contributed by atoms with Crippen molar-refractivity contribution in [3.63, 3.8) is 0 Å². The molecule has 1 fully saturated rings. The van der Waals surface area contributed by atoms with Gasteiger partial charge >= 0.3 is 11.9 Å². The second-order valence-electron chi connectivity index (χ2n) is 14.5. The molecule has 0 aliphatic heterocycles. The third-order valence-electron chi connectivity index (χ3n) is 9.67. The van der Waals surface area contributed by atoms with Crippen LogP contribution in [0.5, 0.6) is 0 Å². The molecule has 1 aliphatic carbocycles. The number of carboxylic acid groups (broad SMARTS) is 2. The summed E-state index contributed by atoms with van der Waals surface area (Å²) in [6.45, 7) is 3.94. The molecule has 0 saturated heterocycles. The number of nitrogens with one attached hydrogen (secondary N) is 3. The van der Waals surface area contributed by atoms with Gasteiger partial charge in [-0.25, -0.2) is 0 Å². The number of unbranched alkanes of at least 4 members (excludes halogenated alkanes) is 1. The molecule has 0 unspecified atom stereocenters. The van der Waals surface area contributed by atoms with E-state index < -0.39 is 29.8 Å². The largest absolute Gasteiger partial charge is 0.481 e. The van der Waals surface area contributed by atoms with E-state index in [0.717, 1.165) is 45.1 Å². The highest BCUT2D eigenvalue weighted by Crippen LogP contribution is 2.31. The first kappa shape index (κ1) is 51.4. The van der Waals surface area contributed by atoms with E-state index in [9.17, 15) is 43.5 Å². The maximum Gasteiger partial charge on any atom is 0.306 e. The van der Waals surface area contributed by atoms with Crippen LogP contribution < -0.4 is 16.0 Å². The van der Waals surface area contributed by atoms with Crippen molar-refractivity contribution >= 4 is 46.9 Å². The molecule has 0 heterocycles. The third kappa shape index (κ3) is 26.8. The third-order valence-corrected chi connectivity index (χ3v) is 9.67. The van der Waals surface area contributed by atoms with E-state index in [1.165, 1.54) is 0 Å². The van der Waals surface area contributed by atoms with Crippen LogP contribution in [0.2, 0.25) is 0 Å². The summed E-state index contributed by atoms with van der Waals surface area (Å²) in [5, 5.41) is 27.1. The number of hydrogen-bond donors (Lipinski definition) is 5. The number of rotatable bonds is 37. The molecule has 5 N–H and O–H groups in total. The molecule has 2 amide bonds. The first-order valence-electron chi connectivity index (χ1n) is 20.4. The van der Waals surface area contributed by atoms with Crippen LogP contribution in [0, 0.1) is 17.8 Å². The molecule has 2 atom stereocenters. The molecule has 57 heavy (non-hydrogen) atoms. The standard InChI is InChI=1S/C40H67N3O14/c1-3-4-7-32(44)26-42-38(49)28-57-23-21-54-18-5-8-33(45)27-56-22-20-55-19-6-9-35(46)34(15-17-39(50)51)43-37(48)16-14-31(40(52)53)24-36(47)30-12-10-29(11-13-30)25-41-2/h29-31,34,41H,3-28H2,1-2H3,(H,42,49)(H,43,48)(H,50,51)(H,52,53)/t29?,30?,31-,34+/m1/s1. The van der Waals surface area contributed by atoms with Gasteiger partial charge in [-0.05, 0) is 77.3 Å². The molecular weight excluding hydrogens is 746 g/mol. The molecule has 0 radical (unpaired) electrons. The van der Waals surface area contributed by atoms with Crippen molar-refractivity contribution in [3.05, 3.63) is 0 Å². The number of aliphatic carboxylic acids is 2. The van der Waals surface area contributed by atoms with Gasteiger partial charge in [0.25, 0.3) is 0 Å². The van der Waals surface area contributed by atoms with Crippen LogP contribution in [-0.4, -0.2) is 136 Å². The van der Waals surface area contributed by atoms with Gasteiger partial charge in [0.1, 0.15) is 19.0 Å². The normalized spacial score (nSPS) is 16.3. The van der Waals surface area contributed by atoms with Crippen molar-refractivity contribution in [2.24, 2.45) is 17.8 Å². The average Bonchev–Trinajstić information content (AvgIpc) is 3.18. The van der Waals surface area contributed by atoms with Gasteiger partial charge in [-0.3, -0.25) is 38.4 Å². The quantitative estimate of drug-likeness (QED) is 0.0565. The van der Waals surface area contributed by atoms with Crippen molar-refractivity contribution in [1.29, 1.82) is 0 Å². The maximum absolute atomic E-state index is 12.9. The van der Waals surface area contributed by atoms with Gasteiger partial charge in [0.2, 0.25) is 11.8 Å². The van der Waals surface area contributed by atoms with E-state index in [2.05, 4.69) is 16.0 Å². The van der Waals surface area contributed by atoms with E-state index in [1.807, 2.05) is 14.0 Å². The lowest BCUT2D eigenvalue weighted by molar-refractivity contribution is -0.145. The van der Waals surface area contributed by atoms with Gasteiger partial charge in [0.15, 0.2) is 17.3 Å². The summed E-state index contributed by atoms with van der Waals surface area (Å²) in [4.78, 5) is 96.9. The van der Waals surface area contributed by atoms with Gasteiger partial charge in [0, 0.05) is 57.7 Å². The van der Waals surface area contributed by atoms with Gasteiger partial charge < -0.3 is 45.1 Å². The van der Waals surface area contributed by atoms with Crippen LogP contribution >= 0.6 is 0 Å². The van der Waals surface area contributed by atoms with Crippen molar-refractivity contribution in [2.75, 3.05) is 73.0 Å². The zero-order chi connectivity index (χ0) is 42.3. The average molecular weight is 814 g/mol. The molecule has 17 nitrogen and oxygen atoms in total. The summed E-state index contributed by atoms with van der Waals surface area (Å²) >= 11 is 0. The Labute approximate surface area is 336 Å². The Morgan fingerprint density at radius 1 is 0.667 bits per heavy atom. The molecule has 0 aromatic heterocycles. The fourth-order valence-corrected chi connectivity index (χ4v) is 6.32. The number of carbonyl (C=O) groups is 8. The number of hydrogen-bond acceptors (Lipinski definition) is 13. The van der Waals surface area contributed by atoms with Crippen molar-refractivity contribution in [2.45, 2.75) is 116 Å². The van der Waals surface area contributed by atoms with Gasteiger partial charge in [-0.1, -0.05) is 13.3 Å². The summed E-state index contributed by atoms with van der Waals surface area (Å²) in [6.07, 6.45) is 5.55. The molecule has 1 saturated carbocycles. The minimum Gasteiger partial charge on any atom is -0.481 e. The zero-order valence-electron chi connectivity index (χ0n) is 34.0. The minimum absolute atomic E-state index is 0.00250. The Hall–Kier alpha value is -3.64. The molecule has 326 valence electrons. The fourth-order valence-electron chi connectivity index (χ4n) is 6.32. The first-order chi connectivity index (χ1) is 27.4. The Morgan fingerprint density at radius 2 is 1.28 bits per heavy atom. The lowest BCUT2D eigenvalue weighted by Crippen LogP contribution is -2.41. The summed E-state index contributed by atoms with van der Waals surface area (Å²) in [6, 6.07) is -1.06. The van der Waals surface area contributed by atoms with E-state index in [4.69, 9.17) is 24.1 Å². The van der Waals surface area contributed by atoms with Crippen molar-refractivity contribution in [3.8, 4) is 0 Å². The molecule has 0 aromatic carbocycles. The molecule has 1 aliphatic rings. The predicted octanol–water partition coefficient (Wildman–Crippen LogP) is 2.44. The van der Waals surface area contributed by atoms with Crippen LogP contribution in [0.15, 0.2) is 0 Å². The Morgan fingerprint density at radius 3 is 1.89 bits per heavy atom. The summed E-state index contributed by atoms with van der Waals surface area (Å²) < 4.78 is 21.4. The van der Waals surface area contributed by atoms with Crippen LogP contribution in [0.25, 0.3) is 0 Å².